The van der Waals surface area contributed by atoms with E-state index in [9.17, 15) is 9.18 Å². The van der Waals surface area contributed by atoms with E-state index in [0.717, 1.165) is 16.9 Å². The Morgan fingerprint density at radius 2 is 1.94 bits per heavy atom. The molecule has 0 N–H and O–H groups in total. The highest BCUT2D eigenvalue weighted by Crippen LogP contribution is 2.45. The van der Waals surface area contributed by atoms with Crippen molar-refractivity contribution < 1.29 is 18.7 Å². The second-order valence-corrected chi connectivity index (χ2v) is 10.3. The Hall–Kier alpha value is -3.62. The summed E-state index contributed by atoms with van der Waals surface area (Å²) >= 11 is 0. The maximum Gasteiger partial charge on any atom is 0.410 e. The predicted octanol–water partition coefficient (Wildman–Crippen LogP) is 4.39. The molecular formula is C26H30FN5O3. The number of carbonyl (C=O) groups excluding carboxylic acids is 1. The van der Waals surface area contributed by atoms with Gasteiger partial charge in [0.25, 0.3) is 0 Å². The van der Waals surface area contributed by atoms with E-state index in [1.807, 2.05) is 44.8 Å². The van der Waals surface area contributed by atoms with E-state index in [1.54, 1.807) is 27.9 Å². The molecule has 1 saturated heterocycles. The third kappa shape index (κ3) is 4.54. The van der Waals surface area contributed by atoms with Crippen LogP contribution in [0.4, 0.5) is 9.18 Å². The van der Waals surface area contributed by atoms with Gasteiger partial charge in [0, 0.05) is 31.6 Å². The minimum absolute atomic E-state index is 0.283. The Labute approximate surface area is 203 Å². The molecule has 184 valence electrons. The Morgan fingerprint density at radius 1 is 1.17 bits per heavy atom. The second kappa shape index (κ2) is 8.55. The molecule has 3 aromatic rings. The molecule has 0 saturated carbocycles. The van der Waals surface area contributed by atoms with Crippen molar-refractivity contribution in [2.75, 3.05) is 19.7 Å². The van der Waals surface area contributed by atoms with Gasteiger partial charge in [0.2, 0.25) is 5.88 Å². The number of amides is 1. The molecule has 1 amide bonds. The Balaban J connectivity index is 1.48. The maximum absolute atomic E-state index is 13.5. The van der Waals surface area contributed by atoms with Crippen LogP contribution in [0, 0.1) is 11.2 Å². The molecule has 3 heterocycles. The van der Waals surface area contributed by atoms with Gasteiger partial charge in [-0.1, -0.05) is 5.57 Å². The number of aromatic nitrogens is 4. The molecule has 0 spiro atoms. The number of fused-ring (bicyclic) bond motifs is 2. The van der Waals surface area contributed by atoms with Gasteiger partial charge in [-0.25, -0.2) is 18.5 Å². The van der Waals surface area contributed by atoms with Crippen molar-refractivity contribution in [3.8, 4) is 11.6 Å². The number of aryl methyl sites for hydroxylation is 1. The lowest BCUT2D eigenvalue weighted by molar-refractivity contribution is 0.00700. The first-order valence-electron chi connectivity index (χ1n) is 11.8. The molecule has 2 aliphatic rings. The summed E-state index contributed by atoms with van der Waals surface area (Å²) in [6, 6.07) is 8.14. The van der Waals surface area contributed by atoms with Crippen molar-refractivity contribution in [1.82, 2.24) is 24.5 Å². The first kappa shape index (κ1) is 23.1. The molecule has 1 atom stereocenters. The molecule has 35 heavy (non-hydrogen) atoms. The fourth-order valence-electron chi connectivity index (χ4n) is 4.85. The summed E-state index contributed by atoms with van der Waals surface area (Å²) in [5, 5.41) is 8.80. The second-order valence-electron chi connectivity index (χ2n) is 10.3. The number of halogens is 1. The fourth-order valence-corrected chi connectivity index (χ4v) is 4.85. The van der Waals surface area contributed by atoms with Gasteiger partial charge in [0.15, 0.2) is 0 Å². The van der Waals surface area contributed by atoms with Gasteiger partial charge in [0.05, 0.1) is 23.8 Å². The largest absolute Gasteiger partial charge is 0.477 e. The Kier molecular flexibility index (Phi) is 5.65. The minimum Gasteiger partial charge on any atom is -0.477 e. The molecule has 9 heteroatoms. The summed E-state index contributed by atoms with van der Waals surface area (Å²) < 4.78 is 28.9. The molecule has 0 bridgehead atoms. The summed E-state index contributed by atoms with van der Waals surface area (Å²) in [5.74, 6) is 0.384. The average Bonchev–Trinajstić information content (AvgIpc) is 3.40. The molecule has 1 aliphatic carbocycles. The SMILES string of the molecule is Cn1nccc1OCC12Cc3cnn(-c4ccc(F)cc4)c3C=C1CCN(C(=O)OC(C)(C)C)C2. The Bertz CT molecular complexity index is 1270. The average molecular weight is 480 g/mol. The van der Waals surface area contributed by atoms with E-state index < -0.39 is 11.0 Å². The van der Waals surface area contributed by atoms with Crippen molar-refractivity contribution >= 4 is 12.2 Å². The molecule has 1 aliphatic heterocycles. The van der Waals surface area contributed by atoms with E-state index in [-0.39, 0.29) is 11.9 Å². The van der Waals surface area contributed by atoms with Crippen LogP contribution in [0.3, 0.4) is 0 Å². The zero-order chi connectivity index (χ0) is 24.8. The molecule has 0 radical (unpaired) electrons. The molecule has 2 aromatic heterocycles. The molecular weight excluding hydrogens is 449 g/mol. The van der Waals surface area contributed by atoms with Gasteiger partial charge in [-0.15, -0.1) is 0 Å². The number of nitrogens with zero attached hydrogens (tertiary/aromatic N) is 5. The summed E-state index contributed by atoms with van der Waals surface area (Å²) in [6.45, 7) is 7.05. The number of carbonyl (C=O) groups is 1. The number of piperidine rings is 1. The van der Waals surface area contributed by atoms with Gasteiger partial charge >= 0.3 is 6.09 Å². The van der Waals surface area contributed by atoms with Crippen molar-refractivity contribution in [3.05, 3.63) is 65.4 Å². The third-order valence-electron chi connectivity index (χ3n) is 6.55. The standard InChI is InChI=1S/C26H30FN5O3/c1-25(2,3)35-24(33)31-12-10-19-13-22-18(15-29-32(22)21-7-5-20(27)6-8-21)14-26(19,16-31)17-34-23-9-11-28-30(23)4/h5-9,11,13,15H,10,12,14,16-17H2,1-4H3. The topological polar surface area (TPSA) is 74.4 Å². The fraction of sp³-hybridized carbons (Fsp3) is 0.423. The minimum atomic E-state index is -0.568. The van der Waals surface area contributed by atoms with E-state index in [1.165, 1.54) is 17.7 Å². The van der Waals surface area contributed by atoms with E-state index in [4.69, 9.17) is 9.47 Å². The highest BCUT2D eigenvalue weighted by atomic mass is 19.1. The van der Waals surface area contributed by atoms with Crippen molar-refractivity contribution in [2.45, 2.75) is 39.2 Å². The lowest BCUT2D eigenvalue weighted by Gasteiger charge is -2.46. The third-order valence-corrected chi connectivity index (χ3v) is 6.55. The van der Waals surface area contributed by atoms with Gasteiger partial charge in [-0.2, -0.15) is 10.2 Å². The van der Waals surface area contributed by atoms with Gasteiger partial charge < -0.3 is 14.4 Å². The smallest absolute Gasteiger partial charge is 0.410 e. The monoisotopic (exact) mass is 479 g/mol. The van der Waals surface area contributed by atoms with Gasteiger partial charge in [-0.05, 0) is 69.5 Å². The molecule has 1 unspecified atom stereocenters. The van der Waals surface area contributed by atoms with E-state index in [0.29, 0.717) is 38.4 Å². The van der Waals surface area contributed by atoms with Crippen LogP contribution >= 0.6 is 0 Å². The number of hydrogen-bond donors (Lipinski definition) is 0. The van der Waals surface area contributed by atoms with Crippen LogP contribution in [0.25, 0.3) is 11.8 Å². The summed E-state index contributed by atoms with van der Waals surface area (Å²) in [6.07, 6.45) is 6.75. The highest BCUT2D eigenvalue weighted by molar-refractivity contribution is 5.70. The summed E-state index contributed by atoms with van der Waals surface area (Å²) in [7, 11) is 1.84. The normalized spacial score (nSPS) is 19.6. The number of benzene rings is 1. The van der Waals surface area contributed by atoms with Crippen LogP contribution in [-0.4, -0.2) is 55.9 Å². The van der Waals surface area contributed by atoms with E-state index >= 15 is 0 Å². The van der Waals surface area contributed by atoms with Crippen LogP contribution in [0.1, 0.15) is 38.4 Å². The number of ether oxygens (including phenoxy) is 2. The van der Waals surface area contributed by atoms with Crippen LogP contribution in [-0.2, 0) is 18.2 Å². The Morgan fingerprint density at radius 3 is 2.63 bits per heavy atom. The van der Waals surface area contributed by atoms with Crippen molar-refractivity contribution in [2.24, 2.45) is 12.5 Å². The lowest BCUT2D eigenvalue weighted by Crippen LogP contribution is -2.53. The summed E-state index contributed by atoms with van der Waals surface area (Å²) in [4.78, 5) is 14.7. The quantitative estimate of drug-likeness (QED) is 0.555. The van der Waals surface area contributed by atoms with E-state index in [2.05, 4.69) is 16.3 Å². The van der Waals surface area contributed by atoms with Gasteiger partial charge in [-0.3, -0.25) is 0 Å². The number of rotatable bonds is 4. The number of hydrogen-bond acceptors (Lipinski definition) is 5. The first-order chi connectivity index (χ1) is 16.6. The zero-order valence-electron chi connectivity index (χ0n) is 20.5. The van der Waals surface area contributed by atoms with Crippen LogP contribution < -0.4 is 4.74 Å². The van der Waals surface area contributed by atoms with Crippen LogP contribution in [0.5, 0.6) is 5.88 Å². The van der Waals surface area contributed by atoms with Crippen LogP contribution in [0.15, 0.2) is 48.3 Å². The summed E-state index contributed by atoms with van der Waals surface area (Å²) in [5.41, 5.74) is 3.04. The predicted molar refractivity (Wildman–Crippen MR) is 129 cm³/mol. The molecule has 8 nitrogen and oxygen atoms in total. The van der Waals surface area contributed by atoms with Crippen molar-refractivity contribution in [1.29, 1.82) is 0 Å². The zero-order valence-corrected chi connectivity index (χ0v) is 20.5. The van der Waals surface area contributed by atoms with Gasteiger partial charge in [0.1, 0.15) is 18.0 Å². The van der Waals surface area contributed by atoms with Crippen LogP contribution in [0.2, 0.25) is 0 Å². The molecule has 1 aromatic carbocycles. The molecule has 5 rings (SSSR count). The number of likely N-dealkylation sites (tertiary alicyclic amines) is 1. The van der Waals surface area contributed by atoms with Crippen molar-refractivity contribution in [3.63, 3.8) is 0 Å². The highest BCUT2D eigenvalue weighted by Gasteiger charge is 2.46. The maximum atomic E-state index is 13.5. The molecule has 1 fully saturated rings. The lowest BCUT2D eigenvalue weighted by atomic mass is 9.69. The first-order valence-corrected chi connectivity index (χ1v) is 11.8.